The van der Waals surface area contributed by atoms with Crippen LogP contribution in [-0.2, 0) is 16.8 Å². The smallest absolute Gasteiger partial charge is 0.222 e. The van der Waals surface area contributed by atoms with Gasteiger partial charge in [-0.3, -0.25) is 14.5 Å². The van der Waals surface area contributed by atoms with Crippen LogP contribution in [0, 0.1) is 13.8 Å². The van der Waals surface area contributed by atoms with Crippen molar-refractivity contribution in [3.05, 3.63) is 52.8 Å². The first-order valence-corrected chi connectivity index (χ1v) is 11.5. The Kier molecular flexibility index (Phi) is 7.44. The molecule has 2 aromatic rings. The Balaban J connectivity index is 1.52. The Morgan fingerprint density at radius 1 is 1.03 bits per heavy atom. The number of ether oxygens (including phenoxy) is 1. The van der Waals surface area contributed by atoms with Gasteiger partial charge in [0.15, 0.2) is 5.78 Å². The quantitative estimate of drug-likeness (QED) is 0.616. The van der Waals surface area contributed by atoms with E-state index >= 15 is 0 Å². The predicted octanol–water partition coefficient (Wildman–Crippen LogP) is 3.83. The first-order chi connectivity index (χ1) is 15.1. The summed E-state index contributed by atoms with van der Waals surface area (Å²) in [5, 5.41) is 0. The highest BCUT2D eigenvalue weighted by atomic mass is 16.5. The van der Waals surface area contributed by atoms with Gasteiger partial charge in [-0.05, 0) is 58.7 Å². The summed E-state index contributed by atoms with van der Waals surface area (Å²) in [4.78, 5) is 29.8. The fraction of sp³-hybridized carbons (Fsp3) is 0.538. The molecule has 174 valence electrons. The van der Waals surface area contributed by atoms with Gasteiger partial charge in [-0.15, -0.1) is 0 Å². The highest BCUT2D eigenvalue weighted by Gasteiger charge is 2.26. The number of hydrogen-bond acceptors (Lipinski definition) is 4. The van der Waals surface area contributed by atoms with Crippen LogP contribution >= 0.6 is 0 Å². The van der Waals surface area contributed by atoms with Crippen LogP contribution in [-0.4, -0.2) is 65.9 Å². The monoisotopic (exact) mass is 439 g/mol. The summed E-state index contributed by atoms with van der Waals surface area (Å²) < 4.78 is 7.62. The van der Waals surface area contributed by atoms with E-state index < -0.39 is 0 Å². The molecule has 1 aromatic heterocycles. The van der Waals surface area contributed by atoms with Crippen molar-refractivity contribution in [2.45, 2.75) is 53.0 Å². The second-order valence-electron chi connectivity index (χ2n) is 9.68. The number of ketones is 1. The number of methoxy groups -OCH3 is 1. The highest BCUT2D eigenvalue weighted by Crippen LogP contribution is 2.25. The van der Waals surface area contributed by atoms with Crippen molar-refractivity contribution < 1.29 is 14.3 Å². The summed E-state index contributed by atoms with van der Waals surface area (Å²) in [6.07, 6.45) is 1.14. The largest absolute Gasteiger partial charge is 0.496 e. The Morgan fingerprint density at radius 2 is 1.69 bits per heavy atom. The molecule has 0 radical (unpaired) electrons. The topological polar surface area (TPSA) is 54.8 Å². The summed E-state index contributed by atoms with van der Waals surface area (Å²) >= 11 is 0. The molecule has 1 aromatic carbocycles. The molecule has 1 aliphatic rings. The molecule has 0 saturated carbocycles. The standard InChI is InChI=1S/C26H37N3O3/c1-19-17-22(20(2)29(19)26(3,4)5)23(30)18-27-13-15-28(16-14-27)25(31)12-11-21-9-7-8-10-24(21)32-6/h7-10,17H,11-16,18H2,1-6H3. The normalized spacial score (nSPS) is 15.1. The number of amides is 1. The van der Waals surface area contributed by atoms with Crippen LogP contribution in [0.2, 0.25) is 0 Å². The fourth-order valence-corrected chi connectivity index (χ4v) is 4.83. The number of Topliss-reactive ketones (excluding diaryl/α,β-unsaturated/α-hetero) is 1. The second kappa shape index (κ2) is 9.90. The van der Waals surface area contributed by atoms with Crippen molar-refractivity contribution in [1.29, 1.82) is 0 Å². The molecule has 0 N–H and O–H groups in total. The molecule has 2 heterocycles. The van der Waals surface area contributed by atoms with Crippen LogP contribution < -0.4 is 4.74 Å². The van der Waals surface area contributed by atoms with E-state index in [1.165, 1.54) is 0 Å². The van der Waals surface area contributed by atoms with Crippen molar-refractivity contribution in [1.82, 2.24) is 14.4 Å². The van der Waals surface area contributed by atoms with Crippen LogP contribution in [0.4, 0.5) is 0 Å². The number of aromatic nitrogens is 1. The van der Waals surface area contributed by atoms with Gasteiger partial charge in [0.1, 0.15) is 5.75 Å². The van der Waals surface area contributed by atoms with Gasteiger partial charge < -0.3 is 14.2 Å². The van der Waals surface area contributed by atoms with Crippen molar-refractivity contribution in [3.8, 4) is 5.75 Å². The molecular weight excluding hydrogens is 402 g/mol. The molecule has 6 nitrogen and oxygen atoms in total. The van der Waals surface area contributed by atoms with E-state index in [1.54, 1.807) is 7.11 Å². The first-order valence-electron chi connectivity index (χ1n) is 11.5. The number of benzene rings is 1. The number of carbonyl (C=O) groups is 2. The van der Waals surface area contributed by atoms with Crippen molar-refractivity contribution in [2.24, 2.45) is 0 Å². The lowest BCUT2D eigenvalue weighted by Gasteiger charge is -2.34. The van der Waals surface area contributed by atoms with Gasteiger partial charge in [0, 0.05) is 55.1 Å². The van der Waals surface area contributed by atoms with Gasteiger partial charge in [-0.2, -0.15) is 0 Å². The average Bonchev–Trinajstić information content (AvgIpc) is 3.07. The molecule has 1 aliphatic heterocycles. The summed E-state index contributed by atoms with van der Waals surface area (Å²) in [7, 11) is 1.65. The van der Waals surface area contributed by atoms with Gasteiger partial charge >= 0.3 is 0 Å². The summed E-state index contributed by atoms with van der Waals surface area (Å²) in [5.41, 5.74) is 3.96. The SMILES string of the molecule is COc1ccccc1CCC(=O)N1CCN(CC(=O)c2cc(C)n(C(C)(C)C)c2C)CC1. The van der Waals surface area contributed by atoms with Crippen LogP contribution in [0.1, 0.15) is 54.5 Å². The molecule has 6 heteroatoms. The van der Waals surface area contributed by atoms with Gasteiger partial charge in [0.2, 0.25) is 5.91 Å². The fourth-order valence-electron chi connectivity index (χ4n) is 4.83. The molecule has 32 heavy (non-hydrogen) atoms. The van der Waals surface area contributed by atoms with E-state index in [0.29, 0.717) is 32.5 Å². The Labute approximate surface area is 192 Å². The zero-order valence-corrected chi connectivity index (χ0v) is 20.4. The minimum absolute atomic E-state index is 0.0531. The van der Waals surface area contributed by atoms with Crippen molar-refractivity contribution in [3.63, 3.8) is 0 Å². The van der Waals surface area contributed by atoms with E-state index in [9.17, 15) is 9.59 Å². The van der Waals surface area contributed by atoms with Crippen molar-refractivity contribution >= 4 is 11.7 Å². The molecular formula is C26H37N3O3. The molecule has 1 saturated heterocycles. The summed E-state index contributed by atoms with van der Waals surface area (Å²) in [6, 6.07) is 9.85. The maximum atomic E-state index is 13.0. The van der Waals surface area contributed by atoms with E-state index in [-0.39, 0.29) is 17.2 Å². The number of carbonyl (C=O) groups excluding carboxylic acids is 2. The van der Waals surface area contributed by atoms with E-state index in [1.807, 2.05) is 42.2 Å². The molecule has 0 atom stereocenters. The van der Waals surface area contributed by atoms with E-state index in [0.717, 1.165) is 41.4 Å². The molecule has 3 rings (SSSR count). The van der Waals surface area contributed by atoms with E-state index in [2.05, 4.69) is 37.2 Å². The summed E-state index contributed by atoms with van der Waals surface area (Å²) in [5.74, 6) is 1.15. The predicted molar refractivity (Wildman–Crippen MR) is 128 cm³/mol. The molecule has 0 spiro atoms. The van der Waals surface area contributed by atoms with Gasteiger partial charge in [0.05, 0.1) is 13.7 Å². The number of aryl methyl sites for hydroxylation is 2. The zero-order valence-electron chi connectivity index (χ0n) is 20.4. The number of para-hydroxylation sites is 1. The Bertz CT molecular complexity index is 963. The lowest BCUT2D eigenvalue weighted by Crippen LogP contribution is -2.50. The Morgan fingerprint density at radius 3 is 2.28 bits per heavy atom. The molecule has 0 aliphatic carbocycles. The number of piperazine rings is 1. The lowest BCUT2D eigenvalue weighted by molar-refractivity contribution is -0.132. The minimum Gasteiger partial charge on any atom is -0.496 e. The number of nitrogens with zero attached hydrogens (tertiary/aromatic N) is 3. The maximum absolute atomic E-state index is 13.0. The minimum atomic E-state index is -0.0531. The third-order valence-electron chi connectivity index (χ3n) is 6.30. The lowest BCUT2D eigenvalue weighted by atomic mass is 10.1. The third-order valence-corrected chi connectivity index (χ3v) is 6.30. The van der Waals surface area contributed by atoms with E-state index in [4.69, 9.17) is 4.74 Å². The average molecular weight is 440 g/mol. The third kappa shape index (κ3) is 5.41. The molecule has 1 fully saturated rings. The van der Waals surface area contributed by atoms with Crippen molar-refractivity contribution in [2.75, 3.05) is 39.8 Å². The Hall–Kier alpha value is -2.60. The zero-order chi connectivity index (χ0) is 23.5. The van der Waals surface area contributed by atoms with Crippen LogP contribution in [0.5, 0.6) is 5.75 Å². The summed E-state index contributed by atoms with van der Waals surface area (Å²) in [6.45, 7) is 13.8. The molecule has 0 unspecified atom stereocenters. The van der Waals surface area contributed by atoms with Gasteiger partial charge in [0.25, 0.3) is 0 Å². The number of hydrogen-bond donors (Lipinski definition) is 0. The van der Waals surface area contributed by atoms with Crippen LogP contribution in [0.25, 0.3) is 0 Å². The van der Waals surface area contributed by atoms with Crippen LogP contribution in [0.3, 0.4) is 0 Å². The second-order valence-corrected chi connectivity index (χ2v) is 9.68. The molecule has 0 bridgehead atoms. The highest BCUT2D eigenvalue weighted by molar-refractivity contribution is 5.99. The van der Waals surface area contributed by atoms with Gasteiger partial charge in [-0.25, -0.2) is 0 Å². The maximum Gasteiger partial charge on any atom is 0.222 e. The molecule has 1 amide bonds. The first kappa shape index (κ1) is 24.1. The van der Waals surface area contributed by atoms with Gasteiger partial charge in [-0.1, -0.05) is 18.2 Å². The van der Waals surface area contributed by atoms with Crippen LogP contribution in [0.15, 0.2) is 30.3 Å². The number of rotatable bonds is 7.